The van der Waals surface area contributed by atoms with Crippen molar-refractivity contribution in [2.75, 3.05) is 170 Å². The summed E-state index contributed by atoms with van der Waals surface area (Å²) in [5.74, 6) is 7.58. The summed E-state index contributed by atoms with van der Waals surface area (Å²) in [5, 5.41) is 5.46. The lowest BCUT2D eigenvalue weighted by molar-refractivity contribution is 0.0146. The SMILES string of the molecule is CCCCCCCCCCCCOc1cc(-c2ccc(-c3ccc(-c4ccc(-c5ccc(C#Cc6ccc(N7C(=O)c8ccc9c%10ccc%11c%12c(ccc(c%13ccc(c8c9%13)C7=O)c%12%10)C(=O)N(c7cc(OCCOCCOCCOC)c(OCCOCCOCCOC)c(OCCOCCOCCOC)c7)C%11=O)cc6)s5)s4)s3)s2)cc(OCCCCCCCCCCCC)c1OCCCCCCCCCCCC. The Hall–Kier alpha value is -9.86. The van der Waals surface area contributed by atoms with Crippen molar-refractivity contribution in [2.45, 2.75) is 213 Å². The Labute approximate surface area is 855 Å². The number of hydrogen-bond acceptors (Lipinski definition) is 23. The van der Waals surface area contributed by atoms with Crippen LogP contribution in [-0.2, 0) is 42.6 Å². The molecule has 4 aromatic heterocycles. The Morgan fingerprint density at radius 2 is 0.514 bits per heavy atom. The van der Waals surface area contributed by atoms with Crippen LogP contribution in [0, 0.1) is 11.8 Å². The average molecular weight is 2010 g/mol. The van der Waals surface area contributed by atoms with Crippen molar-refractivity contribution in [1.29, 1.82) is 0 Å². The van der Waals surface area contributed by atoms with E-state index in [2.05, 4.69) is 93.3 Å². The topological polar surface area (TPSA) is 213 Å². The number of thiophene rings is 4. The largest absolute Gasteiger partial charge is 0.490 e. The van der Waals surface area contributed by atoms with Crippen LogP contribution in [0.25, 0.3) is 82.8 Å². The van der Waals surface area contributed by atoms with Gasteiger partial charge in [-0.05, 0) is 166 Å². The fraction of sp³-hybridized carbons (Fsp3) is 0.487. The minimum Gasteiger partial charge on any atom is -0.490 e. The summed E-state index contributed by atoms with van der Waals surface area (Å²) in [6.07, 6.45) is 38.2. The van der Waals surface area contributed by atoms with Crippen molar-refractivity contribution in [3.8, 4) is 86.0 Å². The first kappa shape index (κ1) is 108. The van der Waals surface area contributed by atoms with E-state index in [1.54, 1.807) is 92.5 Å². The quantitative estimate of drug-likeness (QED) is 0.0114. The summed E-state index contributed by atoms with van der Waals surface area (Å²) in [5.41, 5.74) is 3.72. The minimum absolute atomic E-state index is 0.0520. The van der Waals surface area contributed by atoms with Gasteiger partial charge in [0.2, 0.25) is 11.5 Å². The Morgan fingerprint density at radius 1 is 0.239 bits per heavy atom. The molecule has 0 spiro atoms. The molecular weight excluding hydrogens is 1870 g/mol. The minimum atomic E-state index is -0.578. The molecule has 0 radical (unpaired) electrons. The lowest BCUT2D eigenvalue weighted by Gasteiger charge is -2.30. The second-order valence-electron chi connectivity index (χ2n) is 36.3. The molecule has 0 atom stereocenters. The number of amides is 4. The number of carbonyl (C=O) groups is 4. The van der Waals surface area contributed by atoms with E-state index in [4.69, 9.17) is 71.1 Å². The van der Waals surface area contributed by atoms with Crippen molar-refractivity contribution in [3.05, 3.63) is 178 Å². The van der Waals surface area contributed by atoms with Crippen molar-refractivity contribution in [2.24, 2.45) is 0 Å². The monoisotopic (exact) mass is 2010 g/mol. The van der Waals surface area contributed by atoms with Gasteiger partial charge in [-0.3, -0.25) is 19.2 Å². The van der Waals surface area contributed by atoms with Gasteiger partial charge in [0.15, 0.2) is 23.0 Å². The number of benzene rings is 8. The molecule has 8 aromatic carbocycles. The summed E-state index contributed by atoms with van der Waals surface area (Å²) in [7, 11) is 4.83. The zero-order valence-electron chi connectivity index (χ0n) is 84.2. The molecule has 0 fully saturated rings. The Morgan fingerprint density at radius 3 is 0.873 bits per heavy atom. The van der Waals surface area contributed by atoms with Gasteiger partial charge in [-0.2, -0.15) is 0 Å². The number of carbonyl (C=O) groups excluding carboxylic acids is 4. The Balaban J connectivity index is 0.640. The molecule has 0 bridgehead atoms. The molecule has 21 nitrogen and oxygen atoms in total. The highest BCUT2D eigenvalue weighted by atomic mass is 32.1. The van der Waals surface area contributed by atoms with Gasteiger partial charge >= 0.3 is 0 Å². The fourth-order valence-corrected chi connectivity index (χ4v) is 22.5. The molecule has 2 aliphatic rings. The first-order valence-corrected chi connectivity index (χ1v) is 55.4. The molecule has 2 aliphatic heterocycles. The molecule has 25 heteroatoms. The van der Waals surface area contributed by atoms with E-state index in [1.807, 2.05) is 59.1 Å². The zero-order chi connectivity index (χ0) is 98.7. The van der Waals surface area contributed by atoms with Crippen LogP contribution >= 0.6 is 45.3 Å². The summed E-state index contributed by atoms with van der Waals surface area (Å²) in [4.78, 5) is 72.5. The lowest BCUT2D eigenvalue weighted by Crippen LogP contribution is -2.40. The molecule has 12 aromatic rings. The maximum Gasteiger partial charge on any atom is 0.265 e. The molecule has 0 saturated heterocycles. The Bertz CT molecular complexity index is 5790. The van der Waals surface area contributed by atoms with Gasteiger partial charge < -0.3 is 71.1 Å². The van der Waals surface area contributed by atoms with E-state index in [1.165, 1.54) is 188 Å². The highest BCUT2D eigenvalue weighted by Crippen LogP contribution is 2.52. The van der Waals surface area contributed by atoms with Gasteiger partial charge in [-0.15, -0.1) is 45.3 Å². The number of fused-ring (bicyclic) bond motifs is 2. The van der Waals surface area contributed by atoms with Crippen molar-refractivity contribution < 1.29 is 90.2 Å². The van der Waals surface area contributed by atoms with E-state index in [0.717, 1.165) is 108 Å². The molecule has 0 N–H and O–H groups in total. The number of ether oxygens (including phenoxy) is 15. The maximum atomic E-state index is 15.4. The van der Waals surface area contributed by atoms with E-state index in [9.17, 15) is 0 Å². The molecule has 0 aliphatic carbocycles. The van der Waals surface area contributed by atoms with Gasteiger partial charge in [0, 0.05) is 106 Å². The molecular formula is C117H144N2O19S4. The van der Waals surface area contributed by atoms with Crippen LogP contribution in [0.3, 0.4) is 0 Å². The van der Waals surface area contributed by atoms with Gasteiger partial charge in [0.05, 0.1) is 135 Å². The van der Waals surface area contributed by atoms with Crippen molar-refractivity contribution in [1.82, 2.24) is 0 Å². The average Bonchev–Trinajstić information content (AvgIpc) is 0.806. The number of hydrogen-bond donors (Lipinski definition) is 0. The van der Waals surface area contributed by atoms with E-state index < -0.39 is 23.6 Å². The Kier molecular flexibility index (Phi) is 44.8. The second-order valence-corrected chi connectivity index (χ2v) is 40.7. The van der Waals surface area contributed by atoms with Crippen LogP contribution in [0.2, 0.25) is 0 Å². The smallest absolute Gasteiger partial charge is 0.265 e. The highest BCUT2D eigenvalue weighted by molar-refractivity contribution is 7.29. The third-order valence-corrected chi connectivity index (χ3v) is 30.8. The van der Waals surface area contributed by atoms with Crippen LogP contribution < -0.4 is 38.2 Å². The highest BCUT2D eigenvalue weighted by Gasteiger charge is 2.40. The number of nitrogens with zero attached hydrogens (tertiary/aromatic N) is 2. The molecule has 0 unspecified atom stereocenters. The van der Waals surface area contributed by atoms with Gasteiger partial charge in [0.25, 0.3) is 23.6 Å². The van der Waals surface area contributed by atoms with Crippen molar-refractivity contribution >= 4 is 123 Å². The van der Waals surface area contributed by atoms with E-state index in [-0.39, 0.29) is 73.7 Å². The van der Waals surface area contributed by atoms with E-state index >= 15 is 19.2 Å². The third-order valence-electron chi connectivity index (χ3n) is 25.9. The maximum absolute atomic E-state index is 15.4. The summed E-state index contributed by atoms with van der Waals surface area (Å²) in [6.45, 7) is 14.1. The van der Waals surface area contributed by atoms with Gasteiger partial charge in [-0.25, -0.2) is 9.80 Å². The molecule has 760 valence electrons. The first-order valence-electron chi connectivity index (χ1n) is 52.1. The van der Waals surface area contributed by atoms with Crippen LogP contribution in [0.4, 0.5) is 11.4 Å². The number of methoxy groups -OCH3 is 3. The van der Waals surface area contributed by atoms with Crippen LogP contribution in [-0.4, -0.2) is 184 Å². The van der Waals surface area contributed by atoms with Gasteiger partial charge in [0.1, 0.15) is 19.8 Å². The van der Waals surface area contributed by atoms with Crippen LogP contribution in [0.15, 0.2) is 146 Å². The normalized spacial score (nSPS) is 12.5. The summed E-state index contributed by atoms with van der Waals surface area (Å²) in [6, 6.07) is 47.1. The number of imide groups is 2. The predicted molar refractivity (Wildman–Crippen MR) is 578 cm³/mol. The lowest BCUT2D eigenvalue weighted by atomic mass is 9.82. The summed E-state index contributed by atoms with van der Waals surface area (Å²) < 4.78 is 89.4. The van der Waals surface area contributed by atoms with E-state index in [0.29, 0.717) is 132 Å². The molecule has 142 heavy (non-hydrogen) atoms. The van der Waals surface area contributed by atoms with Crippen molar-refractivity contribution in [3.63, 3.8) is 0 Å². The molecule has 6 heterocycles. The molecule has 0 saturated carbocycles. The van der Waals surface area contributed by atoms with Gasteiger partial charge in [-0.1, -0.05) is 230 Å². The standard InChI is InChI=1S/C117H144N2O19S4/c1-7-10-13-16-19-22-25-28-31-34-59-133-97-80-85(81-98(134-60-35-32-29-26-23-20-17-14-11-8-2)112(97)137-61-36-33-30-27-24-21-18-15-12-9-3)101-53-54-104(140-101)105-57-58-107(142-105)106-56-55-103(141-106)102-52-43-88(139-102)42-39-84-37-40-86(41-38-84)118-114(120)93-48-44-89-91-46-50-95-111-96(51-47-92(109(91)111)90-45-49-94(115(118)121)110(93)108(89)90)117(123)119(116(95)122)87-82-99(135-77-74-130-71-68-127-65-62-124-4)113(138-79-76-132-73-70-129-67-64-126-6)100(83-87)136-78-75-131-72-69-128-66-63-125-5/h37-38,40-41,43-58,80-83H,7-36,59-79H2,1-6H3. The number of unbranched alkanes of at least 4 members (excludes halogenated alkanes) is 27. The van der Waals surface area contributed by atoms with Crippen LogP contribution in [0.5, 0.6) is 34.5 Å². The number of anilines is 2. The number of rotatable bonds is 72. The summed E-state index contributed by atoms with van der Waals surface area (Å²) >= 11 is 7.06. The molecule has 14 rings (SSSR count). The third kappa shape index (κ3) is 30.0. The first-order chi connectivity index (χ1) is 70.0. The zero-order valence-corrected chi connectivity index (χ0v) is 87.5. The second kappa shape index (κ2) is 58.9. The fourth-order valence-electron chi connectivity index (χ4n) is 18.4. The predicted octanol–water partition coefficient (Wildman–Crippen LogP) is 28.7. The van der Waals surface area contributed by atoms with Crippen LogP contribution in [0.1, 0.15) is 265 Å². The molecule has 4 amide bonds.